The molecule has 0 saturated carbocycles. The van der Waals surface area contributed by atoms with Crippen molar-refractivity contribution in [3.63, 3.8) is 0 Å². The van der Waals surface area contributed by atoms with E-state index < -0.39 is 0 Å². The van der Waals surface area contributed by atoms with Gasteiger partial charge in [-0.15, -0.1) is 11.3 Å². The lowest BCUT2D eigenvalue weighted by molar-refractivity contribution is -0.885. The zero-order chi connectivity index (χ0) is 17.8. The Bertz CT molecular complexity index is 825. The van der Waals surface area contributed by atoms with Gasteiger partial charge >= 0.3 is 0 Å². The molecule has 0 aliphatic heterocycles. The highest BCUT2D eigenvalue weighted by molar-refractivity contribution is 7.16. The number of amides is 1. The lowest BCUT2D eigenvalue weighted by Gasteiger charge is -2.14. The van der Waals surface area contributed by atoms with Crippen molar-refractivity contribution in [3.05, 3.63) is 50.9 Å². The molecule has 0 saturated heterocycles. The predicted octanol–water partition coefficient (Wildman–Crippen LogP) is 2.81. The molecule has 1 aliphatic carbocycles. The number of anilines is 1. The van der Waals surface area contributed by atoms with Crippen LogP contribution in [0.4, 0.5) is 5.00 Å². The van der Waals surface area contributed by atoms with Crippen molar-refractivity contribution in [3.8, 4) is 6.07 Å². The molecule has 25 heavy (non-hydrogen) atoms. The van der Waals surface area contributed by atoms with Crippen molar-refractivity contribution in [2.24, 2.45) is 0 Å². The number of hydrogen-bond acceptors (Lipinski definition) is 3. The summed E-state index contributed by atoms with van der Waals surface area (Å²) in [6, 6.07) is 9.97. The van der Waals surface area contributed by atoms with Crippen LogP contribution in [0, 0.1) is 11.3 Å². The van der Waals surface area contributed by atoms with Crippen LogP contribution in [-0.2, 0) is 24.2 Å². The van der Waals surface area contributed by atoms with Crippen molar-refractivity contribution in [1.82, 2.24) is 0 Å². The minimum absolute atomic E-state index is 0.0698. The van der Waals surface area contributed by atoms with Crippen LogP contribution >= 0.6 is 22.9 Å². The molecule has 1 heterocycles. The van der Waals surface area contributed by atoms with Crippen molar-refractivity contribution in [2.45, 2.75) is 32.2 Å². The second-order valence-corrected chi connectivity index (χ2v) is 7.99. The van der Waals surface area contributed by atoms with Crippen LogP contribution < -0.4 is 10.2 Å². The first-order valence-electron chi connectivity index (χ1n) is 8.47. The van der Waals surface area contributed by atoms with E-state index in [2.05, 4.69) is 11.4 Å². The number of likely N-dealkylation sites (N-methyl/N-ethyl adjacent to an activating group) is 1. The van der Waals surface area contributed by atoms with Crippen LogP contribution in [0.25, 0.3) is 0 Å². The topological polar surface area (TPSA) is 57.3 Å². The van der Waals surface area contributed by atoms with Gasteiger partial charge in [0.1, 0.15) is 17.6 Å². The van der Waals surface area contributed by atoms with Gasteiger partial charge in [-0.05, 0) is 37.3 Å². The van der Waals surface area contributed by atoms with E-state index >= 15 is 0 Å². The number of nitriles is 1. The van der Waals surface area contributed by atoms with Gasteiger partial charge in [-0.2, -0.15) is 5.26 Å². The molecule has 1 aromatic heterocycles. The SMILES string of the molecule is C[NH+](CC(=O)Nc1sc2c(c1C#N)CCCC2)Cc1ccccc1Cl. The van der Waals surface area contributed by atoms with Crippen LogP contribution in [0.5, 0.6) is 0 Å². The fourth-order valence-electron chi connectivity index (χ4n) is 3.25. The molecule has 4 nitrogen and oxygen atoms in total. The molecule has 0 fully saturated rings. The molecular formula is C19H21ClN3OS+. The molecule has 1 aromatic carbocycles. The fourth-order valence-corrected chi connectivity index (χ4v) is 4.70. The van der Waals surface area contributed by atoms with Crippen LogP contribution in [0.1, 0.15) is 34.4 Å². The number of halogens is 1. The molecular weight excluding hydrogens is 354 g/mol. The van der Waals surface area contributed by atoms with E-state index in [-0.39, 0.29) is 5.91 Å². The monoisotopic (exact) mass is 374 g/mol. The molecule has 1 amide bonds. The molecule has 0 spiro atoms. The summed E-state index contributed by atoms with van der Waals surface area (Å²) in [6.07, 6.45) is 4.25. The summed E-state index contributed by atoms with van der Waals surface area (Å²) in [5.41, 5.74) is 2.83. The second kappa shape index (κ2) is 8.01. The highest BCUT2D eigenvalue weighted by Crippen LogP contribution is 2.37. The first-order chi connectivity index (χ1) is 12.1. The van der Waals surface area contributed by atoms with Gasteiger partial charge in [0.05, 0.1) is 12.6 Å². The molecule has 3 rings (SSSR count). The Morgan fingerprint density at radius 2 is 2.12 bits per heavy atom. The number of nitrogens with one attached hydrogen (secondary N) is 2. The van der Waals surface area contributed by atoms with E-state index in [4.69, 9.17) is 11.6 Å². The highest BCUT2D eigenvalue weighted by atomic mass is 35.5. The zero-order valence-corrected chi connectivity index (χ0v) is 15.8. The normalized spacial score (nSPS) is 14.4. The summed E-state index contributed by atoms with van der Waals surface area (Å²) in [5.74, 6) is -0.0698. The Morgan fingerprint density at radius 3 is 2.88 bits per heavy atom. The minimum Gasteiger partial charge on any atom is -0.326 e. The first-order valence-corrected chi connectivity index (χ1v) is 9.67. The Hall–Kier alpha value is -1.87. The van der Waals surface area contributed by atoms with Crippen LogP contribution in [0.3, 0.4) is 0 Å². The number of nitrogens with zero attached hydrogens (tertiary/aromatic N) is 1. The third-order valence-electron chi connectivity index (χ3n) is 4.45. The van der Waals surface area contributed by atoms with E-state index in [1.807, 2.05) is 31.3 Å². The largest absolute Gasteiger partial charge is 0.326 e. The summed E-state index contributed by atoms with van der Waals surface area (Å²) < 4.78 is 0. The van der Waals surface area contributed by atoms with E-state index in [0.717, 1.165) is 46.7 Å². The van der Waals surface area contributed by atoms with Crippen molar-refractivity contribution in [2.75, 3.05) is 18.9 Å². The average Bonchev–Trinajstić information content (AvgIpc) is 2.93. The van der Waals surface area contributed by atoms with Crippen molar-refractivity contribution >= 4 is 33.8 Å². The van der Waals surface area contributed by atoms with Crippen molar-refractivity contribution < 1.29 is 9.69 Å². The maximum Gasteiger partial charge on any atom is 0.280 e. The fraction of sp³-hybridized carbons (Fsp3) is 0.368. The van der Waals surface area contributed by atoms with Gasteiger partial charge in [-0.1, -0.05) is 29.8 Å². The maximum absolute atomic E-state index is 12.4. The van der Waals surface area contributed by atoms with Gasteiger partial charge < -0.3 is 10.2 Å². The van der Waals surface area contributed by atoms with Gasteiger partial charge in [0.25, 0.3) is 5.91 Å². The third-order valence-corrected chi connectivity index (χ3v) is 6.02. The number of carbonyl (C=O) groups excluding carboxylic acids is 1. The molecule has 6 heteroatoms. The smallest absolute Gasteiger partial charge is 0.280 e. The maximum atomic E-state index is 12.4. The number of fused-ring (bicyclic) bond motifs is 1. The summed E-state index contributed by atoms with van der Waals surface area (Å²) in [4.78, 5) is 14.7. The van der Waals surface area contributed by atoms with E-state index in [9.17, 15) is 10.1 Å². The Labute approximate surface area is 157 Å². The number of rotatable bonds is 5. The Balaban J connectivity index is 1.64. The molecule has 130 valence electrons. The second-order valence-electron chi connectivity index (χ2n) is 6.48. The van der Waals surface area contributed by atoms with Gasteiger partial charge in [0.15, 0.2) is 6.54 Å². The zero-order valence-electron chi connectivity index (χ0n) is 14.2. The van der Waals surface area contributed by atoms with E-state index in [0.29, 0.717) is 23.7 Å². The number of hydrogen-bond donors (Lipinski definition) is 2. The number of quaternary nitrogens is 1. The van der Waals surface area contributed by atoms with Gasteiger partial charge in [-0.25, -0.2) is 0 Å². The molecule has 2 aromatic rings. The summed E-state index contributed by atoms with van der Waals surface area (Å²) in [6.45, 7) is 1.01. The molecule has 0 bridgehead atoms. The molecule has 2 N–H and O–H groups in total. The molecule has 1 aliphatic rings. The molecule has 1 unspecified atom stereocenters. The summed E-state index contributed by atoms with van der Waals surface area (Å²) >= 11 is 7.75. The van der Waals surface area contributed by atoms with Crippen LogP contribution in [0.15, 0.2) is 24.3 Å². The lowest BCUT2D eigenvalue weighted by atomic mass is 9.96. The predicted molar refractivity (Wildman–Crippen MR) is 101 cm³/mol. The summed E-state index contributed by atoms with van der Waals surface area (Å²) in [7, 11) is 1.97. The molecule has 0 radical (unpaired) electrons. The quantitative estimate of drug-likeness (QED) is 0.845. The van der Waals surface area contributed by atoms with Gasteiger partial charge in [0.2, 0.25) is 0 Å². The van der Waals surface area contributed by atoms with Crippen LogP contribution in [-0.4, -0.2) is 19.5 Å². The summed E-state index contributed by atoms with van der Waals surface area (Å²) in [5, 5.41) is 13.9. The highest BCUT2D eigenvalue weighted by Gasteiger charge is 2.22. The molecule has 1 atom stereocenters. The van der Waals surface area contributed by atoms with E-state index in [1.54, 1.807) is 11.3 Å². The van der Waals surface area contributed by atoms with Crippen molar-refractivity contribution in [1.29, 1.82) is 5.26 Å². The minimum atomic E-state index is -0.0698. The number of carbonyl (C=O) groups is 1. The van der Waals surface area contributed by atoms with E-state index in [1.165, 1.54) is 4.88 Å². The Kier molecular flexibility index (Phi) is 5.74. The van der Waals surface area contributed by atoms with Crippen LogP contribution in [0.2, 0.25) is 5.02 Å². The number of thiophene rings is 1. The average molecular weight is 375 g/mol. The van der Waals surface area contributed by atoms with Gasteiger partial charge in [0, 0.05) is 15.5 Å². The van der Waals surface area contributed by atoms with Gasteiger partial charge in [-0.3, -0.25) is 4.79 Å². The number of benzene rings is 1. The lowest BCUT2D eigenvalue weighted by Crippen LogP contribution is -3.08. The Morgan fingerprint density at radius 1 is 1.36 bits per heavy atom. The first kappa shape index (κ1) is 17.9. The third kappa shape index (κ3) is 4.21. The standard InChI is InChI=1S/C19H20ClN3OS/c1-23(11-13-6-2-4-8-16(13)20)12-18(24)22-19-15(10-21)14-7-3-5-9-17(14)25-19/h2,4,6,8H,3,5,7,9,11-12H2,1H3,(H,22,24)/p+1. The number of aryl methyl sites for hydroxylation is 1.